The van der Waals surface area contributed by atoms with Gasteiger partial charge in [-0.05, 0) is 60.9 Å². The molecule has 7 nitrogen and oxygen atoms in total. The Morgan fingerprint density at radius 1 is 1.16 bits per heavy atom. The molecule has 2 aromatic carbocycles. The summed E-state index contributed by atoms with van der Waals surface area (Å²) < 4.78 is 11.0. The Bertz CT molecular complexity index is 1080. The summed E-state index contributed by atoms with van der Waals surface area (Å²) in [6.45, 7) is 2.13. The molecule has 1 saturated heterocycles. The van der Waals surface area contributed by atoms with Crippen LogP contribution in [0, 0.1) is 6.92 Å². The lowest BCUT2D eigenvalue weighted by Crippen LogP contribution is -2.30. The van der Waals surface area contributed by atoms with Crippen molar-refractivity contribution in [2.24, 2.45) is 0 Å². The van der Waals surface area contributed by atoms with Crippen molar-refractivity contribution in [3.8, 4) is 11.5 Å². The van der Waals surface area contributed by atoms with Gasteiger partial charge in [0.25, 0.3) is 17.1 Å². The van der Waals surface area contributed by atoms with Gasteiger partial charge in [0.15, 0.2) is 18.1 Å². The van der Waals surface area contributed by atoms with Gasteiger partial charge in [-0.2, -0.15) is 0 Å². The molecule has 166 valence electrons. The van der Waals surface area contributed by atoms with E-state index in [1.165, 1.54) is 12.0 Å². The zero-order valence-corrected chi connectivity index (χ0v) is 18.7. The molecule has 0 radical (unpaired) electrons. The molecule has 1 aliphatic heterocycles. The van der Waals surface area contributed by atoms with Gasteiger partial charge in [0.05, 0.1) is 18.6 Å². The van der Waals surface area contributed by atoms with Crippen LogP contribution in [0.5, 0.6) is 11.5 Å². The fraction of sp³-hybridized carbons (Fsp3) is 0.292. The second kappa shape index (κ2) is 9.48. The number of hydrogen-bond donors (Lipinski definition) is 1. The number of thioether (sulfide) groups is 1. The highest BCUT2D eigenvalue weighted by molar-refractivity contribution is 8.18. The topological polar surface area (TPSA) is 84.9 Å². The van der Waals surface area contributed by atoms with Crippen LogP contribution in [0.1, 0.15) is 29.5 Å². The first-order valence-electron chi connectivity index (χ1n) is 10.3. The Balaban J connectivity index is 1.44. The molecule has 8 heteroatoms. The normalized spacial score (nSPS) is 17.1. The number of rotatable bonds is 8. The predicted molar refractivity (Wildman–Crippen MR) is 122 cm³/mol. The van der Waals surface area contributed by atoms with Crippen LogP contribution in [0.15, 0.2) is 47.4 Å². The van der Waals surface area contributed by atoms with Crippen LogP contribution in [0.4, 0.5) is 4.79 Å². The number of ether oxygens (including phenoxy) is 2. The summed E-state index contributed by atoms with van der Waals surface area (Å²) >= 11 is 0.916. The number of benzene rings is 2. The maximum absolute atomic E-state index is 12.8. The maximum Gasteiger partial charge on any atom is 0.293 e. The highest BCUT2D eigenvalue weighted by Crippen LogP contribution is 2.35. The highest BCUT2D eigenvalue weighted by atomic mass is 32.2. The van der Waals surface area contributed by atoms with Crippen LogP contribution >= 0.6 is 11.8 Å². The predicted octanol–water partition coefficient (Wildman–Crippen LogP) is 3.90. The number of imide groups is 1. The lowest BCUT2D eigenvalue weighted by molar-refractivity contribution is -0.124. The Hall–Kier alpha value is -3.26. The lowest BCUT2D eigenvalue weighted by Gasteiger charge is -2.12. The first-order chi connectivity index (χ1) is 15.4. The Morgan fingerprint density at radius 2 is 1.91 bits per heavy atom. The molecule has 1 heterocycles. The first kappa shape index (κ1) is 22.0. The number of carbonyl (C=O) groups is 3. The Labute approximate surface area is 190 Å². The number of hydrogen-bond acceptors (Lipinski definition) is 6. The van der Waals surface area contributed by atoms with E-state index >= 15 is 0 Å². The van der Waals surface area contributed by atoms with E-state index in [0.29, 0.717) is 22.0 Å². The Morgan fingerprint density at radius 3 is 2.59 bits per heavy atom. The Kier molecular flexibility index (Phi) is 6.50. The van der Waals surface area contributed by atoms with Crippen LogP contribution in [-0.2, 0) is 16.1 Å². The molecule has 3 amide bonds. The average molecular weight is 453 g/mol. The van der Waals surface area contributed by atoms with E-state index in [2.05, 4.69) is 5.32 Å². The van der Waals surface area contributed by atoms with E-state index < -0.39 is 0 Å². The molecular formula is C24H24N2O5S. The molecule has 1 aliphatic carbocycles. The molecule has 0 unspecified atom stereocenters. The standard InChI is InChI=1S/C24H24N2O5S/c1-15-3-5-16(6-4-15)13-26-23(28)21(32-24(26)29)12-17-7-10-19(20(11-17)30-2)31-14-22(27)25-18-8-9-18/h3-7,10-12,18H,8-9,13-14H2,1-2H3,(H,25,27)/b21-12-. The fourth-order valence-corrected chi connectivity index (χ4v) is 4.04. The van der Waals surface area contributed by atoms with Gasteiger partial charge in [-0.15, -0.1) is 0 Å². The SMILES string of the molecule is COc1cc(/C=C2\SC(=O)N(Cc3ccc(C)cc3)C2=O)ccc1OCC(=O)NC1CC1. The van der Waals surface area contributed by atoms with E-state index in [1.54, 1.807) is 24.3 Å². The molecule has 0 aromatic heterocycles. The van der Waals surface area contributed by atoms with Crippen molar-refractivity contribution in [3.63, 3.8) is 0 Å². The van der Waals surface area contributed by atoms with Crippen molar-refractivity contribution in [3.05, 3.63) is 64.1 Å². The molecule has 32 heavy (non-hydrogen) atoms. The van der Waals surface area contributed by atoms with E-state index in [-0.39, 0.29) is 36.2 Å². The molecule has 2 aliphatic rings. The van der Waals surface area contributed by atoms with Gasteiger partial charge in [0, 0.05) is 6.04 Å². The molecule has 0 atom stereocenters. The summed E-state index contributed by atoms with van der Waals surface area (Å²) in [7, 11) is 1.51. The quantitative estimate of drug-likeness (QED) is 0.612. The van der Waals surface area contributed by atoms with E-state index in [9.17, 15) is 14.4 Å². The molecule has 2 aromatic rings. The monoisotopic (exact) mass is 452 g/mol. The molecule has 0 spiro atoms. The second-order valence-corrected chi connectivity index (χ2v) is 8.79. The average Bonchev–Trinajstić information content (AvgIpc) is 3.56. The second-order valence-electron chi connectivity index (χ2n) is 7.79. The third-order valence-corrected chi connectivity index (χ3v) is 6.03. The zero-order valence-electron chi connectivity index (χ0n) is 17.9. The van der Waals surface area contributed by atoms with Crippen molar-refractivity contribution < 1.29 is 23.9 Å². The third kappa shape index (κ3) is 5.31. The number of amides is 3. The zero-order chi connectivity index (χ0) is 22.7. The van der Waals surface area contributed by atoms with E-state index in [4.69, 9.17) is 9.47 Å². The largest absolute Gasteiger partial charge is 0.493 e. The molecular weight excluding hydrogens is 428 g/mol. The number of aryl methyl sites for hydroxylation is 1. The van der Waals surface area contributed by atoms with Crippen molar-refractivity contribution in [1.29, 1.82) is 0 Å². The number of methoxy groups -OCH3 is 1. The van der Waals surface area contributed by atoms with Gasteiger partial charge in [-0.3, -0.25) is 19.3 Å². The van der Waals surface area contributed by atoms with Crippen LogP contribution in [-0.4, -0.2) is 41.7 Å². The van der Waals surface area contributed by atoms with Gasteiger partial charge >= 0.3 is 0 Å². The minimum Gasteiger partial charge on any atom is -0.493 e. The first-order valence-corrected chi connectivity index (χ1v) is 11.2. The van der Waals surface area contributed by atoms with E-state index in [0.717, 1.165) is 35.7 Å². The number of nitrogens with zero attached hydrogens (tertiary/aromatic N) is 1. The molecule has 4 rings (SSSR count). The summed E-state index contributed by atoms with van der Waals surface area (Å²) in [5, 5.41) is 2.57. The number of nitrogens with one attached hydrogen (secondary N) is 1. The smallest absolute Gasteiger partial charge is 0.293 e. The summed E-state index contributed by atoms with van der Waals surface area (Å²) in [5.74, 6) is 0.387. The summed E-state index contributed by atoms with van der Waals surface area (Å²) in [4.78, 5) is 38.6. The summed E-state index contributed by atoms with van der Waals surface area (Å²) in [5.41, 5.74) is 2.71. The lowest BCUT2D eigenvalue weighted by atomic mass is 10.1. The van der Waals surface area contributed by atoms with Crippen LogP contribution < -0.4 is 14.8 Å². The minimum absolute atomic E-state index is 0.0931. The van der Waals surface area contributed by atoms with Gasteiger partial charge in [-0.1, -0.05) is 35.9 Å². The summed E-state index contributed by atoms with van der Waals surface area (Å²) in [6, 6.07) is 13.2. The molecule has 1 saturated carbocycles. The molecule has 2 fully saturated rings. The molecule has 0 bridgehead atoms. The van der Waals surface area contributed by atoms with Crippen molar-refractivity contribution in [2.75, 3.05) is 13.7 Å². The van der Waals surface area contributed by atoms with Gasteiger partial charge in [-0.25, -0.2) is 0 Å². The maximum atomic E-state index is 12.8. The van der Waals surface area contributed by atoms with Crippen LogP contribution in [0.3, 0.4) is 0 Å². The van der Waals surface area contributed by atoms with Crippen molar-refractivity contribution in [2.45, 2.75) is 32.4 Å². The highest BCUT2D eigenvalue weighted by Gasteiger charge is 2.35. The van der Waals surface area contributed by atoms with Crippen molar-refractivity contribution in [1.82, 2.24) is 10.2 Å². The van der Waals surface area contributed by atoms with Gasteiger partial charge < -0.3 is 14.8 Å². The van der Waals surface area contributed by atoms with Crippen molar-refractivity contribution >= 4 is 34.9 Å². The molecule has 1 N–H and O–H groups in total. The number of carbonyl (C=O) groups excluding carboxylic acids is 3. The van der Waals surface area contributed by atoms with Gasteiger partial charge in [0.1, 0.15) is 0 Å². The summed E-state index contributed by atoms with van der Waals surface area (Å²) in [6.07, 6.45) is 3.69. The fourth-order valence-electron chi connectivity index (χ4n) is 3.20. The minimum atomic E-state index is -0.323. The van der Waals surface area contributed by atoms with Crippen LogP contribution in [0.25, 0.3) is 6.08 Å². The van der Waals surface area contributed by atoms with Crippen LogP contribution in [0.2, 0.25) is 0 Å². The van der Waals surface area contributed by atoms with E-state index in [1.807, 2.05) is 31.2 Å². The third-order valence-electron chi connectivity index (χ3n) is 5.12. The van der Waals surface area contributed by atoms with Gasteiger partial charge in [0.2, 0.25) is 0 Å².